The van der Waals surface area contributed by atoms with E-state index in [0.717, 1.165) is 33.0 Å². The van der Waals surface area contributed by atoms with Crippen molar-refractivity contribution in [1.82, 2.24) is 5.32 Å². The van der Waals surface area contributed by atoms with Gasteiger partial charge in [-0.1, -0.05) is 62.5 Å². The summed E-state index contributed by atoms with van der Waals surface area (Å²) < 4.78 is 14.9. The lowest BCUT2D eigenvalue weighted by atomic mass is 9.98. The van der Waals surface area contributed by atoms with Crippen LogP contribution >= 0.6 is 43.5 Å². The van der Waals surface area contributed by atoms with Crippen LogP contribution in [0.4, 0.5) is 4.39 Å². The number of hydrogen-bond donors (Lipinski definition) is 1. The van der Waals surface area contributed by atoms with E-state index in [-0.39, 0.29) is 11.9 Å². The Labute approximate surface area is 146 Å². The third-order valence-corrected chi connectivity index (χ3v) is 4.79. The number of nitrogens with one attached hydrogen (secondary N) is 1. The second kappa shape index (κ2) is 7.73. The average molecular weight is 436 g/mol. The molecule has 2 rings (SSSR count). The smallest absolute Gasteiger partial charge is 0.124 e. The predicted molar refractivity (Wildman–Crippen MR) is 93.4 cm³/mol. The number of likely N-dealkylation sites (N-methyl/N-ethyl adjacent to an activating group) is 1. The quantitative estimate of drug-likeness (QED) is 0.617. The van der Waals surface area contributed by atoms with Crippen LogP contribution in [0, 0.1) is 5.82 Å². The lowest BCUT2D eigenvalue weighted by Crippen LogP contribution is -2.23. The predicted octanol–water partition coefficient (Wildman–Crippen LogP) is 5.90. The number of rotatable bonds is 5. The Morgan fingerprint density at radius 3 is 2.57 bits per heavy atom. The van der Waals surface area contributed by atoms with Gasteiger partial charge in [-0.25, -0.2) is 4.39 Å². The minimum absolute atomic E-state index is 0.0809. The summed E-state index contributed by atoms with van der Waals surface area (Å²) in [6.45, 7) is 2.88. The summed E-state index contributed by atoms with van der Waals surface area (Å²) in [6.07, 6.45) is 0.732. The van der Waals surface area contributed by atoms with E-state index in [1.54, 1.807) is 6.07 Å². The molecule has 0 bridgehead atoms. The molecule has 1 N–H and O–H groups in total. The van der Waals surface area contributed by atoms with Crippen LogP contribution in [-0.2, 0) is 6.42 Å². The number of halogens is 4. The topological polar surface area (TPSA) is 12.0 Å². The summed E-state index contributed by atoms with van der Waals surface area (Å²) in [7, 11) is 0. The number of hydrogen-bond acceptors (Lipinski definition) is 1. The Morgan fingerprint density at radius 2 is 1.95 bits per heavy atom. The fraction of sp³-hybridized carbons (Fsp3) is 0.250. The van der Waals surface area contributed by atoms with Crippen LogP contribution in [-0.4, -0.2) is 6.54 Å². The molecule has 2 aromatic rings. The van der Waals surface area contributed by atoms with Crippen LogP contribution in [0.1, 0.15) is 24.1 Å². The molecule has 21 heavy (non-hydrogen) atoms. The fourth-order valence-corrected chi connectivity index (χ4v) is 3.55. The van der Waals surface area contributed by atoms with E-state index in [9.17, 15) is 4.39 Å². The summed E-state index contributed by atoms with van der Waals surface area (Å²) in [5, 5.41) is 4.15. The van der Waals surface area contributed by atoms with Gasteiger partial charge in [0.25, 0.3) is 0 Å². The molecule has 0 aliphatic carbocycles. The van der Waals surface area contributed by atoms with Gasteiger partial charge in [-0.3, -0.25) is 0 Å². The summed E-state index contributed by atoms with van der Waals surface area (Å²) in [5.74, 6) is -0.243. The summed E-state index contributed by atoms with van der Waals surface area (Å²) >= 11 is 13.2. The normalized spacial score (nSPS) is 12.4. The van der Waals surface area contributed by atoms with Crippen molar-refractivity contribution >= 4 is 43.5 Å². The molecular formula is C16H15Br2ClFN. The highest BCUT2D eigenvalue weighted by molar-refractivity contribution is 9.10. The lowest BCUT2D eigenvalue weighted by molar-refractivity contribution is 0.548. The molecule has 0 saturated heterocycles. The summed E-state index contributed by atoms with van der Waals surface area (Å²) in [6, 6.07) is 10.7. The van der Waals surface area contributed by atoms with E-state index >= 15 is 0 Å². The summed E-state index contributed by atoms with van der Waals surface area (Å²) in [4.78, 5) is 0. The highest BCUT2D eigenvalue weighted by Gasteiger charge is 2.16. The molecule has 0 amide bonds. The average Bonchev–Trinajstić information content (AvgIpc) is 2.41. The largest absolute Gasteiger partial charge is 0.310 e. The summed E-state index contributed by atoms with van der Waals surface area (Å²) in [5.41, 5.74) is 2.08. The molecule has 0 radical (unpaired) electrons. The highest BCUT2D eigenvalue weighted by Crippen LogP contribution is 2.30. The molecule has 0 fully saturated rings. The molecule has 2 aromatic carbocycles. The molecule has 0 aliphatic rings. The van der Waals surface area contributed by atoms with Gasteiger partial charge >= 0.3 is 0 Å². The first-order valence-electron chi connectivity index (χ1n) is 6.63. The Bertz CT molecular complexity index is 634. The van der Waals surface area contributed by atoms with Crippen LogP contribution in [0.3, 0.4) is 0 Å². The maximum absolute atomic E-state index is 13.2. The molecule has 0 spiro atoms. The van der Waals surface area contributed by atoms with E-state index in [0.29, 0.717) is 5.02 Å². The maximum atomic E-state index is 13.2. The van der Waals surface area contributed by atoms with Crippen molar-refractivity contribution in [2.24, 2.45) is 0 Å². The molecule has 1 unspecified atom stereocenters. The van der Waals surface area contributed by atoms with Crippen molar-refractivity contribution < 1.29 is 4.39 Å². The first-order valence-corrected chi connectivity index (χ1v) is 8.60. The molecule has 1 nitrogen and oxygen atoms in total. The third-order valence-electron chi connectivity index (χ3n) is 3.23. The molecular weight excluding hydrogens is 420 g/mol. The van der Waals surface area contributed by atoms with E-state index in [4.69, 9.17) is 11.6 Å². The third kappa shape index (κ3) is 4.52. The fourth-order valence-electron chi connectivity index (χ4n) is 2.23. The standard InChI is InChI=1S/C16H15Br2ClFN/c1-2-21-16(13-6-4-11(17)8-15(13)19)7-10-3-5-12(20)9-14(10)18/h3-6,8-9,16,21H,2,7H2,1H3. The molecule has 0 saturated carbocycles. The zero-order valence-corrected chi connectivity index (χ0v) is 15.4. The Hall–Kier alpha value is -0.420. The first kappa shape index (κ1) is 16.9. The number of benzene rings is 2. The zero-order valence-electron chi connectivity index (χ0n) is 11.5. The molecule has 5 heteroatoms. The van der Waals surface area contributed by atoms with Crippen molar-refractivity contribution in [1.29, 1.82) is 0 Å². The van der Waals surface area contributed by atoms with E-state index in [2.05, 4.69) is 44.1 Å². The van der Waals surface area contributed by atoms with E-state index in [1.165, 1.54) is 12.1 Å². The van der Waals surface area contributed by atoms with Gasteiger partial charge in [0.05, 0.1) is 0 Å². The van der Waals surface area contributed by atoms with Crippen LogP contribution < -0.4 is 5.32 Å². The van der Waals surface area contributed by atoms with E-state index < -0.39 is 0 Å². The molecule has 1 atom stereocenters. The Kier molecular flexibility index (Phi) is 6.23. The molecule has 112 valence electrons. The van der Waals surface area contributed by atoms with Crippen molar-refractivity contribution in [3.8, 4) is 0 Å². The van der Waals surface area contributed by atoms with Gasteiger partial charge in [-0.2, -0.15) is 0 Å². The van der Waals surface area contributed by atoms with Gasteiger partial charge in [0.2, 0.25) is 0 Å². The molecule has 0 aliphatic heterocycles. The van der Waals surface area contributed by atoms with Gasteiger partial charge in [-0.15, -0.1) is 0 Å². The molecule has 0 aromatic heterocycles. The minimum atomic E-state index is -0.243. The van der Waals surface area contributed by atoms with Gasteiger partial charge in [0.1, 0.15) is 5.82 Å². The second-order valence-electron chi connectivity index (χ2n) is 4.72. The lowest BCUT2D eigenvalue weighted by Gasteiger charge is -2.20. The van der Waals surface area contributed by atoms with Crippen LogP contribution in [0.2, 0.25) is 5.02 Å². The zero-order chi connectivity index (χ0) is 15.4. The van der Waals surface area contributed by atoms with Gasteiger partial charge < -0.3 is 5.32 Å². The van der Waals surface area contributed by atoms with Crippen molar-refractivity contribution in [3.05, 3.63) is 67.3 Å². The van der Waals surface area contributed by atoms with Crippen molar-refractivity contribution in [2.45, 2.75) is 19.4 Å². The van der Waals surface area contributed by atoms with Gasteiger partial charge in [0, 0.05) is 20.0 Å². The Morgan fingerprint density at radius 1 is 1.19 bits per heavy atom. The van der Waals surface area contributed by atoms with Crippen molar-refractivity contribution in [3.63, 3.8) is 0 Å². The van der Waals surface area contributed by atoms with Gasteiger partial charge in [-0.05, 0) is 48.4 Å². The highest BCUT2D eigenvalue weighted by atomic mass is 79.9. The maximum Gasteiger partial charge on any atom is 0.124 e. The van der Waals surface area contributed by atoms with Crippen LogP contribution in [0.15, 0.2) is 45.3 Å². The second-order valence-corrected chi connectivity index (χ2v) is 6.89. The Balaban J connectivity index is 2.30. The minimum Gasteiger partial charge on any atom is -0.310 e. The molecule has 0 heterocycles. The monoisotopic (exact) mass is 433 g/mol. The van der Waals surface area contributed by atoms with Crippen LogP contribution in [0.5, 0.6) is 0 Å². The first-order chi connectivity index (χ1) is 10.0. The van der Waals surface area contributed by atoms with Crippen molar-refractivity contribution in [2.75, 3.05) is 6.54 Å². The van der Waals surface area contributed by atoms with Gasteiger partial charge in [0.15, 0.2) is 0 Å². The SMILES string of the molecule is CCNC(Cc1ccc(F)cc1Br)c1ccc(Br)cc1Cl. The van der Waals surface area contributed by atoms with E-state index in [1.807, 2.05) is 18.2 Å². The van der Waals surface area contributed by atoms with Crippen LogP contribution in [0.25, 0.3) is 0 Å².